The summed E-state index contributed by atoms with van der Waals surface area (Å²) in [5, 5.41) is 18.1. The summed E-state index contributed by atoms with van der Waals surface area (Å²) in [6, 6.07) is 16.3. The summed E-state index contributed by atoms with van der Waals surface area (Å²) < 4.78 is 11.8. The van der Waals surface area contributed by atoms with E-state index in [2.05, 4.69) is 15.7 Å². The normalized spacial score (nSPS) is 13.0. The molecule has 1 atom stereocenters. The first kappa shape index (κ1) is 24.0. The fourth-order valence-corrected chi connectivity index (χ4v) is 4.19. The van der Waals surface area contributed by atoms with Gasteiger partial charge in [0.05, 0.1) is 0 Å². The Morgan fingerprint density at radius 2 is 1.71 bits per heavy atom. The van der Waals surface area contributed by atoms with E-state index in [4.69, 9.17) is 14.6 Å². The molecule has 3 aromatic rings. The van der Waals surface area contributed by atoms with Crippen LogP contribution in [0, 0.1) is 0 Å². The number of ether oxygens (including phenoxy) is 2. The van der Waals surface area contributed by atoms with E-state index >= 15 is 0 Å². The molecule has 0 saturated carbocycles. The van der Waals surface area contributed by atoms with E-state index in [0.717, 1.165) is 22.3 Å². The van der Waals surface area contributed by atoms with Crippen LogP contribution in [0.25, 0.3) is 11.1 Å². The molecule has 2 amide bonds. The molecule has 35 heavy (non-hydrogen) atoms. The molecule has 0 bridgehead atoms. The van der Waals surface area contributed by atoms with Crippen molar-refractivity contribution in [2.24, 2.45) is 7.05 Å². The highest BCUT2D eigenvalue weighted by molar-refractivity contribution is 5.97. The van der Waals surface area contributed by atoms with Crippen LogP contribution in [-0.4, -0.2) is 59.2 Å². The van der Waals surface area contributed by atoms with Gasteiger partial charge in [0.1, 0.15) is 18.5 Å². The molecule has 2 aromatic carbocycles. The smallest absolute Gasteiger partial charge is 0.407 e. The summed E-state index contributed by atoms with van der Waals surface area (Å²) in [5.74, 6) is -1.68. The standard InChI is InChI=1S/C25H26N4O6/c1-29-22(13-21(28-29)24(31)32)27-23(30)20(11-12-34-2)26-25(33)35-14-19-17-9-5-3-7-15(17)16-8-4-6-10-18(16)19/h3-10,13,19-20H,11-12,14H2,1-2H3,(H,26,33)(H,27,30)(H,31,32). The van der Waals surface area contributed by atoms with Gasteiger partial charge in [-0.1, -0.05) is 48.5 Å². The molecule has 4 rings (SSSR count). The van der Waals surface area contributed by atoms with E-state index in [0.29, 0.717) is 0 Å². The number of alkyl carbamates (subject to hydrolysis) is 1. The summed E-state index contributed by atoms with van der Waals surface area (Å²) in [6.07, 6.45) is -0.546. The topological polar surface area (TPSA) is 132 Å². The summed E-state index contributed by atoms with van der Waals surface area (Å²) >= 11 is 0. The summed E-state index contributed by atoms with van der Waals surface area (Å²) in [7, 11) is 2.99. The Morgan fingerprint density at radius 1 is 1.09 bits per heavy atom. The molecule has 0 spiro atoms. The van der Waals surface area contributed by atoms with Crippen molar-refractivity contribution in [3.63, 3.8) is 0 Å². The van der Waals surface area contributed by atoms with E-state index in [1.807, 2.05) is 48.5 Å². The number of hydrogen-bond donors (Lipinski definition) is 3. The first-order valence-electron chi connectivity index (χ1n) is 11.1. The summed E-state index contributed by atoms with van der Waals surface area (Å²) in [5.41, 5.74) is 4.19. The maximum atomic E-state index is 12.8. The number of carboxylic acid groups (broad SMARTS) is 1. The van der Waals surface area contributed by atoms with Gasteiger partial charge in [-0.3, -0.25) is 9.48 Å². The Morgan fingerprint density at radius 3 is 2.29 bits per heavy atom. The van der Waals surface area contributed by atoms with Crippen LogP contribution >= 0.6 is 0 Å². The Hall–Kier alpha value is -4.18. The van der Waals surface area contributed by atoms with E-state index in [1.165, 1.54) is 24.9 Å². The number of nitrogens with one attached hydrogen (secondary N) is 2. The van der Waals surface area contributed by atoms with Gasteiger partial charge in [0.15, 0.2) is 5.69 Å². The number of nitrogens with zero attached hydrogens (tertiary/aromatic N) is 2. The van der Waals surface area contributed by atoms with Gasteiger partial charge < -0.3 is 25.2 Å². The number of aromatic carboxylic acids is 1. The third-order valence-electron chi connectivity index (χ3n) is 5.91. The SMILES string of the molecule is COCCC(NC(=O)OCC1c2ccccc2-c2ccccc21)C(=O)Nc1cc(C(=O)O)nn1C. The number of carboxylic acids is 1. The quantitative estimate of drug-likeness (QED) is 0.431. The second-order valence-electron chi connectivity index (χ2n) is 8.14. The number of aryl methyl sites for hydroxylation is 1. The summed E-state index contributed by atoms with van der Waals surface area (Å²) in [4.78, 5) is 36.6. The van der Waals surface area contributed by atoms with Crippen molar-refractivity contribution in [2.45, 2.75) is 18.4 Å². The molecule has 1 aliphatic carbocycles. The van der Waals surface area contributed by atoms with Gasteiger partial charge in [0.2, 0.25) is 5.91 Å². The predicted molar refractivity (Wildman–Crippen MR) is 127 cm³/mol. The van der Waals surface area contributed by atoms with Gasteiger partial charge in [-0.2, -0.15) is 5.10 Å². The molecule has 1 unspecified atom stereocenters. The van der Waals surface area contributed by atoms with Crippen molar-refractivity contribution in [1.29, 1.82) is 0 Å². The van der Waals surface area contributed by atoms with Gasteiger partial charge in [0.25, 0.3) is 0 Å². The number of benzene rings is 2. The fraction of sp³-hybridized carbons (Fsp3) is 0.280. The lowest BCUT2D eigenvalue weighted by Gasteiger charge is -2.19. The Kier molecular flexibility index (Phi) is 7.11. The molecule has 1 heterocycles. The van der Waals surface area contributed by atoms with E-state index < -0.39 is 24.0 Å². The van der Waals surface area contributed by atoms with Crippen LogP contribution in [0.5, 0.6) is 0 Å². The second-order valence-corrected chi connectivity index (χ2v) is 8.14. The molecule has 0 aliphatic heterocycles. The third kappa shape index (κ3) is 5.17. The third-order valence-corrected chi connectivity index (χ3v) is 5.91. The summed E-state index contributed by atoms with van der Waals surface area (Å²) in [6.45, 7) is 0.329. The molecule has 1 aromatic heterocycles. The van der Waals surface area contributed by atoms with Crippen LogP contribution in [0.15, 0.2) is 54.6 Å². The van der Waals surface area contributed by atoms with Crippen molar-refractivity contribution in [3.8, 4) is 11.1 Å². The average molecular weight is 479 g/mol. The van der Waals surface area contributed by atoms with E-state index in [1.54, 1.807) is 0 Å². The van der Waals surface area contributed by atoms with Crippen LogP contribution in [-0.2, 0) is 21.3 Å². The highest BCUT2D eigenvalue weighted by Gasteiger charge is 2.30. The number of hydrogen-bond acceptors (Lipinski definition) is 6. The van der Waals surface area contributed by atoms with Crippen LogP contribution in [0.4, 0.5) is 10.6 Å². The van der Waals surface area contributed by atoms with Crippen molar-refractivity contribution >= 4 is 23.8 Å². The van der Waals surface area contributed by atoms with Crippen molar-refractivity contribution in [1.82, 2.24) is 15.1 Å². The molecule has 3 N–H and O–H groups in total. The monoisotopic (exact) mass is 478 g/mol. The Bertz CT molecular complexity index is 1210. The minimum atomic E-state index is -1.21. The number of carbonyl (C=O) groups excluding carboxylic acids is 2. The zero-order valence-electron chi connectivity index (χ0n) is 19.4. The molecule has 10 heteroatoms. The van der Waals surface area contributed by atoms with Crippen molar-refractivity contribution < 1.29 is 29.0 Å². The van der Waals surface area contributed by atoms with Crippen LogP contribution in [0.1, 0.15) is 34.0 Å². The van der Waals surface area contributed by atoms with Gasteiger partial charge in [0, 0.05) is 39.2 Å². The lowest BCUT2D eigenvalue weighted by atomic mass is 9.98. The number of carbonyl (C=O) groups is 3. The molecule has 0 saturated heterocycles. The number of rotatable bonds is 9. The average Bonchev–Trinajstić information content (AvgIpc) is 3.38. The molecule has 182 valence electrons. The molecular formula is C25H26N4O6. The highest BCUT2D eigenvalue weighted by Crippen LogP contribution is 2.44. The number of amides is 2. The maximum Gasteiger partial charge on any atom is 0.407 e. The molecule has 0 fully saturated rings. The van der Waals surface area contributed by atoms with Gasteiger partial charge >= 0.3 is 12.1 Å². The van der Waals surface area contributed by atoms with Gasteiger partial charge in [-0.15, -0.1) is 0 Å². The zero-order chi connectivity index (χ0) is 24.9. The molecule has 0 radical (unpaired) electrons. The molecule has 1 aliphatic rings. The lowest BCUT2D eigenvalue weighted by Crippen LogP contribution is -2.45. The Labute approximate surface area is 201 Å². The second kappa shape index (κ2) is 10.4. The number of fused-ring (bicyclic) bond motifs is 3. The van der Waals surface area contributed by atoms with E-state index in [-0.39, 0.29) is 37.1 Å². The van der Waals surface area contributed by atoms with Crippen molar-refractivity contribution in [3.05, 3.63) is 71.4 Å². The van der Waals surface area contributed by atoms with Crippen LogP contribution < -0.4 is 10.6 Å². The Balaban J connectivity index is 1.42. The first-order chi connectivity index (χ1) is 16.9. The lowest BCUT2D eigenvalue weighted by molar-refractivity contribution is -0.118. The largest absolute Gasteiger partial charge is 0.476 e. The minimum Gasteiger partial charge on any atom is -0.476 e. The zero-order valence-corrected chi connectivity index (χ0v) is 19.4. The number of methoxy groups -OCH3 is 1. The molecule has 10 nitrogen and oxygen atoms in total. The van der Waals surface area contributed by atoms with Crippen LogP contribution in [0.2, 0.25) is 0 Å². The predicted octanol–water partition coefficient (Wildman–Crippen LogP) is 3.00. The van der Waals surface area contributed by atoms with E-state index in [9.17, 15) is 14.4 Å². The molecular weight excluding hydrogens is 452 g/mol. The minimum absolute atomic E-state index is 0.108. The van der Waals surface area contributed by atoms with Gasteiger partial charge in [-0.05, 0) is 22.3 Å². The highest BCUT2D eigenvalue weighted by atomic mass is 16.5. The fourth-order valence-electron chi connectivity index (χ4n) is 4.19. The maximum absolute atomic E-state index is 12.8. The van der Waals surface area contributed by atoms with Crippen LogP contribution in [0.3, 0.4) is 0 Å². The van der Waals surface area contributed by atoms with Crippen molar-refractivity contribution in [2.75, 3.05) is 25.6 Å². The first-order valence-corrected chi connectivity index (χ1v) is 11.1. The number of aromatic nitrogens is 2. The number of anilines is 1. The van der Waals surface area contributed by atoms with Gasteiger partial charge in [-0.25, -0.2) is 9.59 Å².